The van der Waals surface area contributed by atoms with Gasteiger partial charge in [0.2, 0.25) is 0 Å². The summed E-state index contributed by atoms with van der Waals surface area (Å²) in [6, 6.07) is 8.09. The Bertz CT molecular complexity index is 503. The van der Waals surface area contributed by atoms with Crippen LogP contribution >= 0.6 is 0 Å². The van der Waals surface area contributed by atoms with E-state index in [1.807, 2.05) is 11.4 Å². The molecule has 7 heteroatoms. The number of carbonyl (C=O) groups is 3. The van der Waals surface area contributed by atoms with E-state index in [1.54, 1.807) is 24.3 Å². The monoisotopic (exact) mass is 294 g/mol. The Morgan fingerprint density at radius 3 is 2.24 bits per heavy atom. The van der Waals surface area contributed by atoms with Gasteiger partial charge in [-0.2, -0.15) is 0 Å². The van der Waals surface area contributed by atoms with E-state index in [0.717, 1.165) is 0 Å². The van der Waals surface area contributed by atoms with Crippen LogP contribution in [0.1, 0.15) is 13.8 Å². The lowest BCUT2D eigenvalue weighted by Crippen LogP contribution is -2.44. The normalized spacial score (nSPS) is 12.7. The number of amides is 3. The molecule has 1 aromatic rings. The summed E-state index contributed by atoms with van der Waals surface area (Å²) in [6.07, 6.45) is -1.97. The highest BCUT2D eigenvalue weighted by molar-refractivity contribution is 5.97. The first-order chi connectivity index (χ1) is 9.93. The van der Waals surface area contributed by atoms with Crippen LogP contribution in [0.4, 0.5) is 4.79 Å². The Balaban J connectivity index is 2.48. The van der Waals surface area contributed by atoms with E-state index in [0.29, 0.717) is 5.75 Å². The van der Waals surface area contributed by atoms with E-state index < -0.39 is 30.1 Å². The lowest BCUT2D eigenvalue weighted by molar-refractivity contribution is -0.160. The molecule has 3 amide bonds. The molecule has 0 radical (unpaired) electrons. The summed E-state index contributed by atoms with van der Waals surface area (Å²) in [5.74, 6) is -0.891. The van der Waals surface area contributed by atoms with Crippen LogP contribution < -0.4 is 15.4 Å². The van der Waals surface area contributed by atoms with Gasteiger partial charge in [0, 0.05) is 7.05 Å². The van der Waals surface area contributed by atoms with Crippen LogP contribution in [0.2, 0.25) is 0 Å². The smallest absolute Gasteiger partial charge is 0.347 e. The molecule has 0 aliphatic heterocycles. The molecule has 0 aliphatic carbocycles. The summed E-state index contributed by atoms with van der Waals surface area (Å²) in [4.78, 5) is 34.3. The molecule has 1 aromatic carbocycles. The van der Waals surface area contributed by atoms with Crippen molar-refractivity contribution in [3.63, 3.8) is 0 Å². The maximum atomic E-state index is 11.8. The third kappa shape index (κ3) is 5.52. The molecule has 0 saturated heterocycles. The van der Waals surface area contributed by atoms with Crippen molar-refractivity contribution in [2.45, 2.75) is 26.1 Å². The maximum Gasteiger partial charge on any atom is 0.347 e. The van der Waals surface area contributed by atoms with Crippen molar-refractivity contribution in [1.29, 1.82) is 0 Å². The van der Waals surface area contributed by atoms with Crippen molar-refractivity contribution in [1.82, 2.24) is 10.6 Å². The second-order valence-electron chi connectivity index (χ2n) is 4.22. The van der Waals surface area contributed by atoms with Crippen molar-refractivity contribution in [3.05, 3.63) is 30.3 Å². The lowest BCUT2D eigenvalue weighted by Gasteiger charge is -2.17. The third-order valence-electron chi connectivity index (χ3n) is 2.51. The molecule has 0 aromatic heterocycles. The predicted molar refractivity (Wildman–Crippen MR) is 74.7 cm³/mol. The molecule has 0 fully saturated rings. The van der Waals surface area contributed by atoms with Gasteiger partial charge >= 0.3 is 12.0 Å². The van der Waals surface area contributed by atoms with E-state index in [1.165, 1.54) is 20.9 Å². The fourth-order valence-corrected chi connectivity index (χ4v) is 1.35. The Morgan fingerprint density at radius 1 is 1.05 bits per heavy atom. The first kappa shape index (κ1) is 16.5. The van der Waals surface area contributed by atoms with Gasteiger partial charge in [-0.25, -0.2) is 9.59 Å². The Morgan fingerprint density at radius 2 is 1.67 bits per heavy atom. The predicted octanol–water partition coefficient (Wildman–Crippen LogP) is 0.841. The van der Waals surface area contributed by atoms with Crippen LogP contribution in [0, 0.1) is 0 Å². The molecule has 0 unspecified atom stereocenters. The number of hydrogen-bond donors (Lipinski definition) is 2. The molecule has 0 heterocycles. The largest absolute Gasteiger partial charge is 0.479 e. The number of ether oxygens (including phenoxy) is 2. The van der Waals surface area contributed by atoms with Gasteiger partial charge in [0.1, 0.15) is 5.75 Å². The molecule has 21 heavy (non-hydrogen) atoms. The summed E-state index contributed by atoms with van der Waals surface area (Å²) in [6.45, 7) is 2.88. The number of rotatable bonds is 5. The molecule has 0 bridgehead atoms. The SMILES string of the molecule is CNC(=O)NC(=O)[C@@H](C)OC(=O)[C@H](C)Oc1ccccc1. The highest BCUT2D eigenvalue weighted by atomic mass is 16.6. The number of imide groups is 1. The summed E-state index contributed by atoms with van der Waals surface area (Å²) in [7, 11) is 1.37. The standard InChI is InChI=1S/C14H18N2O5/c1-9(12(17)16-14(19)15-3)21-13(18)10(2)20-11-7-5-4-6-8-11/h4-10H,1-3H3,(H2,15,16,17,19)/t9-,10+/m1/s1. The van der Waals surface area contributed by atoms with Crippen molar-refractivity contribution in [2.75, 3.05) is 7.05 Å². The highest BCUT2D eigenvalue weighted by Crippen LogP contribution is 2.11. The van der Waals surface area contributed by atoms with E-state index >= 15 is 0 Å². The number of urea groups is 1. The van der Waals surface area contributed by atoms with Crippen molar-refractivity contribution in [2.24, 2.45) is 0 Å². The second-order valence-corrected chi connectivity index (χ2v) is 4.22. The molecule has 1 rings (SSSR count). The zero-order chi connectivity index (χ0) is 15.8. The van der Waals surface area contributed by atoms with Gasteiger partial charge < -0.3 is 14.8 Å². The van der Waals surface area contributed by atoms with E-state index in [2.05, 4.69) is 5.32 Å². The maximum absolute atomic E-state index is 11.8. The molecule has 7 nitrogen and oxygen atoms in total. The number of nitrogens with one attached hydrogen (secondary N) is 2. The Hall–Kier alpha value is -2.57. The third-order valence-corrected chi connectivity index (χ3v) is 2.51. The van der Waals surface area contributed by atoms with Crippen molar-refractivity contribution in [3.8, 4) is 5.75 Å². The van der Waals surface area contributed by atoms with Crippen LogP contribution in [0.3, 0.4) is 0 Å². The minimum Gasteiger partial charge on any atom is -0.479 e. The quantitative estimate of drug-likeness (QED) is 0.785. The van der Waals surface area contributed by atoms with Crippen LogP contribution in [0.5, 0.6) is 5.75 Å². The lowest BCUT2D eigenvalue weighted by atomic mass is 10.3. The Labute approximate surface area is 122 Å². The average molecular weight is 294 g/mol. The topological polar surface area (TPSA) is 93.7 Å². The van der Waals surface area contributed by atoms with E-state index in [4.69, 9.17) is 9.47 Å². The number of benzene rings is 1. The highest BCUT2D eigenvalue weighted by Gasteiger charge is 2.24. The molecule has 114 valence electrons. The van der Waals surface area contributed by atoms with Gasteiger partial charge in [-0.3, -0.25) is 10.1 Å². The zero-order valence-electron chi connectivity index (χ0n) is 12.1. The van der Waals surface area contributed by atoms with Gasteiger partial charge in [0.15, 0.2) is 12.2 Å². The summed E-state index contributed by atoms with van der Waals surface area (Å²) >= 11 is 0. The molecule has 2 N–H and O–H groups in total. The van der Waals surface area contributed by atoms with Crippen LogP contribution in [0.25, 0.3) is 0 Å². The van der Waals surface area contributed by atoms with Gasteiger partial charge in [-0.1, -0.05) is 18.2 Å². The number of carbonyl (C=O) groups excluding carboxylic acids is 3. The zero-order valence-corrected chi connectivity index (χ0v) is 12.1. The first-order valence-electron chi connectivity index (χ1n) is 6.38. The fourth-order valence-electron chi connectivity index (χ4n) is 1.35. The minimum absolute atomic E-state index is 0.518. The summed E-state index contributed by atoms with van der Waals surface area (Å²) in [5, 5.41) is 4.24. The van der Waals surface area contributed by atoms with Crippen molar-refractivity contribution >= 4 is 17.9 Å². The van der Waals surface area contributed by atoms with Gasteiger partial charge in [0.05, 0.1) is 0 Å². The molecule has 0 saturated carbocycles. The van der Waals surface area contributed by atoms with Crippen LogP contribution in [-0.4, -0.2) is 37.2 Å². The molecular formula is C14H18N2O5. The molecule has 2 atom stereocenters. The van der Waals surface area contributed by atoms with Crippen LogP contribution in [0.15, 0.2) is 30.3 Å². The molecular weight excluding hydrogens is 276 g/mol. The first-order valence-corrected chi connectivity index (χ1v) is 6.38. The average Bonchev–Trinajstić information content (AvgIpc) is 2.47. The number of esters is 1. The summed E-state index contributed by atoms with van der Waals surface area (Å²) in [5.41, 5.74) is 0. The minimum atomic E-state index is -1.10. The van der Waals surface area contributed by atoms with Gasteiger partial charge in [0.25, 0.3) is 5.91 Å². The Kier molecular flexibility index (Phi) is 6.19. The van der Waals surface area contributed by atoms with Crippen molar-refractivity contribution < 1.29 is 23.9 Å². The number of para-hydroxylation sites is 1. The van der Waals surface area contributed by atoms with E-state index in [-0.39, 0.29) is 0 Å². The van der Waals surface area contributed by atoms with Crippen LogP contribution in [-0.2, 0) is 14.3 Å². The molecule has 0 aliphatic rings. The fraction of sp³-hybridized carbons (Fsp3) is 0.357. The summed E-state index contributed by atoms with van der Waals surface area (Å²) < 4.78 is 10.3. The van der Waals surface area contributed by atoms with Gasteiger partial charge in [-0.15, -0.1) is 0 Å². The second kappa shape index (κ2) is 7.88. The molecule has 0 spiro atoms. The van der Waals surface area contributed by atoms with Gasteiger partial charge in [-0.05, 0) is 26.0 Å². The number of hydrogen-bond acceptors (Lipinski definition) is 5. The van der Waals surface area contributed by atoms with E-state index in [9.17, 15) is 14.4 Å².